The number of carbonyl (C=O) groups is 2. The molecule has 3 rings (SSSR count). The number of methoxy groups -OCH3 is 1. The Morgan fingerprint density at radius 2 is 2.08 bits per heavy atom. The van der Waals surface area contributed by atoms with Gasteiger partial charge in [-0.25, -0.2) is 4.98 Å². The van der Waals surface area contributed by atoms with Crippen LogP contribution in [0.5, 0.6) is 5.88 Å². The van der Waals surface area contributed by atoms with Gasteiger partial charge in [0.15, 0.2) is 0 Å². The molecule has 1 N–H and O–H groups in total. The molecule has 2 heterocycles. The van der Waals surface area contributed by atoms with Gasteiger partial charge in [-0.1, -0.05) is 30.3 Å². The number of likely N-dealkylation sites (tertiary alicyclic amines) is 1. The molecule has 1 atom stereocenters. The average Bonchev–Trinajstić information content (AvgIpc) is 2.94. The summed E-state index contributed by atoms with van der Waals surface area (Å²) in [5, 5.41) is 2.89. The van der Waals surface area contributed by atoms with E-state index in [2.05, 4.69) is 10.3 Å². The van der Waals surface area contributed by atoms with E-state index in [1.54, 1.807) is 23.2 Å². The Hall–Kier alpha value is -2.89. The van der Waals surface area contributed by atoms with Crippen molar-refractivity contribution in [3.63, 3.8) is 0 Å². The van der Waals surface area contributed by atoms with Crippen LogP contribution in [0, 0.1) is 0 Å². The monoisotopic (exact) mass is 325 g/mol. The van der Waals surface area contributed by atoms with E-state index in [1.807, 2.05) is 30.3 Å². The van der Waals surface area contributed by atoms with Crippen molar-refractivity contribution in [2.75, 3.05) is 13.7 Å². The van der Waals surface area contributed by atoms with Crippen molar-refractivity contribution in [2.24, 2.45) is 0 Å². The molecular formula is C18H19N3O3. The fraction of sp³-hybridized carbons (Fsp3) is 0.278. The van der Waals surface area contributed by atoms with Crippen LogP contribution in [-0.4, -0.2) is 41.4 Å². The summed E-state index contributed by atoms with van der Waals surface area (Å²) in [6, 6.07) is 12.9. The van der Waals surface area contributed by atoms with Gasteiger partial charge >= 0.3 is 0 Å². The van der Waals surface area contributed by atoms with E-state index in [-0.39, 0.29) is 23.7 Å². The molecule has 1 unspecified atom stereocenters. The van der Waals surface area contributed by atoms with Crippen molar-refractivity contribution in [1.82, 2.24) is 15.2 Å². The highest BCUT2D eigenvalue weighted by atomic mass is 16.5. The second-order valence-electron chi connectivity index (χ2n) is 5.69. The fourth-order valence-corrected chi connectivity index (χ4v) is 2.81. The third kappa shape index (κ3) is 3.53. The van der Waals surface area contributed by atoms with Gasteiger partial charge < -0.3 is 15.0 Å². The van der Waals surface area contributed by atoms with E-state index >= 15 is 0 Å². The minimum absolute atomic E-state index is 0.0438. The molecule has 0 saturated carbocycles. The van der Waals surface area contributed by atoms with Gasteiger partial charge in [-0.05, 0) is 17.7 Å². The Morgan fingerprint density at radius 3 is 2.83 bits per heavy atom. The Kier molecular flexibility index (Phi) is 4.74. The normalized spacial score (nSPS) is 17.0. The summed E-state index contributed by atoms with van der Waals surface area (Å²) < 4.78 is 5.10. The number of ether oxygens (including phenoxy) is 1. The quantitative estimate of drug-likeness (QED) is 0.907. The molecular weight excluding hydrogens is 306 g/mol. The predicted molar refractivity (Wildman–Crippen MR) is 88.5 cm³/mol. The van der Waals surface area contributed by atoms with Crippen LogP contribution >= 0.6 is 0 Å². The highest BCUT2D eigenvalue weighted by Crippen LogP contribution is 2.17. The molecule has 2 aromatic rings. The van der Waals surface area contributed by atoms with Gasteiger partial charge in [-0.3, -0.25) is 9.59 Å². The van der Waals surface area contributed by atoms with Crippen LogP contribution in [0.15, 0.2) is 48.7 Å². The van der Waals surface area contributed by atoms with Gasteiger partial charge in [0, 0.05) is 25.7 Å². The summed E-state index contributed by atoms with van der Waals surface area (Å²) in [4.78, 5) is 30.3. The first-order valence-electron chi connectivity index (χ1n) is 7.79. The van der Waals surface area contributed by atoms with Crippen LogP contribution in [0.3, 0.4) is 0 Å². The van der Waals surface area contributed by atoms with Gasteiger partial charge in [0.05, 0.1) is 13.2 Å². The van der Waals surface area contributed by atoms with E-state index in [1.165, 1.54) is 7.11 Å². The number of carbonyl (C=O) groups excluding carboxylic acids is 2. The first-order chi connectivity index (χ1) is 11.7. The Balaban J connectivity index is 1.63. The zero-order chi connectivity index (χ0) is 16.9. The molecule has 1 aromatic heterocycles. The molecule has 1 fully saturated rings. The van der Waals surface area contributed by atoms with Crippen molar-refractivity contribution in [3.05, 3.63) is 59.8 Å². The maximum atomic E-state index is 12.4. The minimum Gasteiger partial charge on any atom is -0.480 e. The third-order valence-electron chi connectivity index (χ3n) is 3.98. The molecule has 6 heteroatoms. The lowest BCUT2D eigenvalue weighted by Gasteiger charge is -2.17. The number of nitrogens with zero attached hydrogens (tertiary/aromatic N) is 2. The van der Waals surface area contributed by atoms with E-state index in [0.717, 1.165) is 5.56 Å². The van der Waals surface area contributed by atoms with Crippen molar-refractivity contribution in [2.45, 2.75) is 19.0 Å². The number of aromatic nitrogens is 1. The van der Waals surface area contributed by atoms with Gasteiger partial charge in [0.25, 0.3) is 5.91 Å². The lowest BCUT2D eigenvalue weighted by atomic mass is 10.2. The number of amides is 2. The zero-order valence-electron chi connectivity index (χ0n) is 13.4. The number of hydrogen-bond acceptors (Lipinski definition) is 4. The van der Waals surface area contributed by atoms with Gasteiger partial charge in [0.1, 0.15) is 5.56 Å². The Labute approximate surface area is 140 Å². The first-order valence-corrected chi connectivity index (χ1v) is 7.79. The SMILES string of the molecule is COc1ncccc1C(=O)NC1CC(=O)N(Cc2ccccc2)C1. The topological polar surface area (TPSA) is 71.5 Å². The van der Waals surface area contributed by atoms with E-state index in [4.69, 9.17) is 4.74 Å². The summed E-state index contributed by atoms with van der Waals surface area (Å²) >= 11 is 0. The Morgan fingerprint density at radius 1 is 1.29 bits per heavy atom. The molecule has 0 radical (unpaired) electrons. The molecule has 24 heavy (non-hydrogen) atoms. The smallest absolute Gasteiger partial charge is 0.257 e. The highest BCUT2D eigenvalue weighted by Gasteiger charge is 2.31. The summed E-state index contributed by atoms with van der Waals surface area (Å²) in [7, 11) is 1.47. The van der Waals surface area contributed by atoms with Crippen molar-refractivity contribution < 1.29 is 14.3 Å². The second-order valence-corrected chi connectivity index (χ2v) is 5.69. The standard InChI is InChI=1S/C18H19N3O3/c1-24-18-15(8-5-9-19-18)17(23)20-14-10-16(22)21(12-14)11-13-6-3-2-4-7-13/h2-9,14H,10-12H2,1H3,(H,20,23). The number of nitrogens with one attached hydrogen (secondary N) is 1. The molecule has 0 spiro atoms. The maximum Gasteiger partial charge on any atom is 0.257 e. The molecule has 0 bridgehead atoms. The highest BCUT2D eigenvalue weighted by molar-refractivity contribution is 5.97. The van der Waals surface area contributed by atoms with E-state index in [9.17, 15) is 9.59 Å². The molecule has 1 saturated heterocycles. The predicted octanol–water partition coefficient (Wildman–Crippen LogP) is 1.62. The molecule has 2 amide bonds. The van der Waals surface area contributed by atoms with E-state index < -0.39 is 0 Å². The van der Waals surface area contributed by atoms with Crippen LogP contribution in [0.25, 0.3) is 0 Å². The minimum atomic E-state index is -0.278. The van der Waals surface area contributed by atoms with Crippen molar-refractivity contribution >= 4 is 11.8 Å². The number of hydrogen-bond donors (Lipinski definition) is 1. The van der Waals surface area contributed by atoms with Crippen LogP contribution in [0.1, 0.15) is 22.3 Å². The number of rotatable bonds is 5. The largest absolute Gasteiger partial charge is 0.480 e. The molecule has 1 aromatic carbocycles. The van der Waals surface area contributed by atoms with E-state index in [0.29, 0.717) is 25.1 Å². The molecule has 1 aliphatic rings. The van der Waals surface area contributed by atoms with Crippen LogP contribution in [0.2, 0.25) is 0 Å². The fourth-order valence-electron chi connectivity index (χ4n) is 2.81. The van der Waals surface area contributed by atoms with Crippen LogP contribution in [0.4, 0.5) is 0 Å². The van der Waals surface area contributed by atoms with Gasteiger partial charge in [-0.15, -0.1) is 0 Å². The zero-order valence-corrected chi connectivity index (χ0v) is 13.4. The maximum absolute atomic E-state index is 12.4. The number of pyridine rings is 1. The average molecular weight is 325 g/mol. The second kappa shape index (κ2) is 7.12. The summed E-state index contributed by atoms with van der Waals surface area (Å²) in [6.45, 7) is 1.06. The lowest BCUT2D eigenvalue weighted by Crippen LogP contribution is -2.37. The third-order valence-corrected chi connectivity index (χ3v) is 3.98. The van der Waals surface area contributed by atoms with Crippen LogP contribution in [-0.2, 0) is 11.3 Å². The van der Waals surface area contributed by atoms with Gasteiger partial charge in [-0.2, -0.15) is 0 Å². The van der Waals surface area contributed by atoms with Crippen molar-refractivity contribution in [1.29, 1.82) is 0 Å². The van der Waals surface area contributed by atoms with Gasteiger partial charge in [0.2, 0.25) is 11.8 Å². The first kappa shape index (κ1) is 16.0. The lowest BCUT2D eigenvalue weighted by molar-refractivity contribution is -0.128. The molecule has 124 valence electrons. The van der Waals surface area contributed by atoms with Crippen molar-refractivity contribution in [3.8, 4) is 5.88 Å². The Bertz CT molecular complexity index is 733. The van der Waals surface area contributed by atoms with Crippen LogP contribution < -0.4 is 10.1 Å². The molecule has 1 aliphatic heterocycles. The summed E-state index contributed by atoms with van der Waals surface area (Å²) in [5.74, 6) is 0.0436. The molecule has 6 nitrogen and oxygen atoms in total. The summed E-state index contributed by atoms with van der Waals surface area (Å²) in [5.41, 5.74) is 1.45. The summed E-state index contributed by atoms with van der Waals surface area (Å²) in [6.07, 6.45) is 1.87. The molecule has 0 aliphatic carbocycles. The number of benzene rings is 1.